The molecule has 3 nitrogen and oxygen atoms in total. The fourth-order valence-corrected chi connectivity index (χ4v) is 4.64. The Labute approximate surface area is 131 Å². The molecule has 0 amide bonds. The number of fused-ring (bicyclic) bond motifs is 1. The van der Waals surface area contributed by atoms with Crippen LogP contribution < -0.4 is 5.32 Å². The summed E-state index contributed by atoms with van der Waals surface area (Å²) < 4.78 is 0. The van der Waals surface area contributed by atoms with Crippen LogP contribution in [0.5, 0.6) is 0 Å². The molecule has 0 radical (unpaired) electrons. The lowest BCUT2D eigenvalue weighted by Gasteiger charge is -2.44. The average Bonchev–Trinajstić information content (AvgIpc) is 2.54. The van der Waals surface area contributed by atoms with E-state index in [4.69, 9.17) is 0 Å². The average molecular weight is 296 g/mol. The van der Waals surface area contributed by atoms with Gasteiger partial charge < -0.3 is 15.3 Å². The summed E-state index contributed by atoms with van der Waals surface area (Å²) in [4.78, 5) is 2.77. The first-order valence-electron chi connectivity index (χ1n) is 9.34. The van der Waals surface area contributed by atoms with Crippen molar-refractivity contribution >= 4 is 0 Å². The van der Waals surface area contributed by atoms with Crippen molar-refractivity contribution in [2.45, 2.75) is 83.2 Å². The third kappa shape index (κ3) is 4.43. The first-order valence-corrected chi connectivity index (χ1v) is 9.34. The molecule has 2 rings (SSSR count). The van der Waals surface area contributed by atoms with E-state index in [0.29, 0.717) is 0 Å². The zero-order chi connectivity index (χ0) is 15.1. The molecule has 0 aromatic carbocycles. The van der Waals surface area contributed by atoms with Gasteiger partial charge in [-0.2, -0.15) is 0 Å². The molecular weight excluding hydrogens is 260 g/mol. The quantitative estimate of drug-likeness (QED) is 0.722. The summed E-state index contributed by atoms with van der Waals surface area (Å²) in [6.45, 7) is 8.08. The van der Waals surface area contributed by atoms with Gasteiger partial charge in [-0.15, -0.1) is 0 Å². The minimum absolute atomic E-state index is 0.0451. The van der Waals surface area contributed by atoms with E-state index in [1.807, 2.05) is 0 Å². The van der Waals surface area contributed by atoms with Crippen LogP contribution in [0.25, 0.3) is 0 Å². The molecule has 3 heteroatoms. The van der Waals surface area contributed by atoms with E-state index in [1.54, 1.807) is 0 Å². The Morgan fingerprint density at radius 3 is 2.62 bits per heavy atom. The standard InChI is InChI=1S/C18H36N2O/c1-3-18(15-21,19-4-2)12-8-14-20-13-7-10-16-9-5-6-11-17(16)20/h16-17,19,21H,3-15H2,1-2H3. The van der Waals surface area contributed by atoms with Crippen LogP contribution in [-0.2, 0) is 0 Å². The number of hydrogen-bond acceptors (Lipinski definition) is 3. The van der Waals surface area contributed by atoms with Crippen molar-refractivity contribution in [3.05, 3.63) is 0 Å². The van der Waals surface area contributed by atoms with Gasteiger partial charge in [0.2, 0.25) is 0 Å². The van der Waals surface area contributed by atoms with Gasteiger partial charge in [-0.05, 0) is 70.5 Å². The summed E-state index contributed by atoms with van der Waals surface area (Å²) in [5.74, 6) is 0.982. The molecule has 1 aliphatic carbocycles. The number of likely N-dealkylation sites (tertiary alicyclic amines) is 1. The molecule has 1 saturated carbocycles. The lowest BCUT2D eigenvalue weighted by Crippen LogP contribution is -2.50. The highest BCUT2D eigenvalue weighted by Crippen LogP contribution is 2.35. The zero-order valence-electron chi connectivity index (χ0n) is 14.2. The molecule has 21 heavy (non-hydrogen) atoms. The van der Waals surface area contributed by atoms with Gasteiger partial charge in [-0.25, -0.2) is 0 Å². The second-order valence-electron chi connectivity index (χ2n) is 7.22. The molecule has 2 aliphatic rings. The minimum Gasteiger partial charge on any atom is -0.394 e. The fraction of sp³-hybridized carbons (Fsp3) is 1.00. The largest absolute Gasteiger partial charge is 0.394 e. The van der Waals surface area contributed by atoms with E-state index < -0.39 is 0 Å². The van der Waals surface area contributed by atoms with E-state index in [1.165, 1.54) is 58.0 Å². The number of aliphatic hydroxyl groups is 1. The number of hydrogen-bond donors (Lipinski definition) is 2. The highest BCUT2D eigenvalue weighted by Gasteiger charge is 2.33. The van der Waals surface area contributed by atoms with Crippen LogP contribution in [0.3, 0.4) is 0 Å². The van der Waals surface area contributed by atoms with Crippen molar-refractivity contribution in [3.63, 3.8) is 0 Å². The number of aliphatic hydroxyl groups excluding tert-OH is 1. The van der Waals surface area contributed by atoms with Crippen LogP contribution in [0.2, 0.25) is 0 Å². The summed E-state index contributed by atoms with van der Waals surface area (Å²) in [6, 6.07) is 0.872. The molecule has 0 aromatic heterocycles. The minimum atomic E-state index is -0.0451. The Balaban J connectivity index is 1.81. The number of nitrogens with one attached hydrogen (secondary N) is 1. The van der Waals surface area contributed by atoms with Gasteiger partial charge in [0, 0.05) is 11.6 Å². The van der Waals surface area contributed by atoms with Crippen molar-refractivity contribution in [3.8, 4) is 0 Å². The van der Waals surface area contributed by atoms with Crippen molar-refractivity contribution in [2.24, 2.45) is 5.92 Å². The van der Waals surface area contributed by atoms with E-state index in [9.17, 15) is 5.11 Å². The number of likely N-dealkylation sites (N-methyl/N-ethyl adjacent to an activating group) is 1. The summed E-state index contributed by atoms with van der Waals surface area (Å²) in [7, 11) is 0. The van der Waals surface area contributed by atoms with Crippen LogP contribution in [0, 0.1) is 5.92 Å². The van der Waals surface area contributed by atoms with Crippen LogP contribution in [0.4, 0.5) is 0 Å². The Bertz CT molecular complexity index is 289. The van der Waals surface area contributed by atoms with Crippen molar-refractivity contribution < 1.29 is 5.11 Å². The van der Waals surface area contributed by atoms with Crippen LogP contribution >= 0.6 is 0 Å². The van der Waals surface area contributed by atoms with Crippen LogP contribution in [0.15, 0.2) is 0 Å². The van der Waals surface area contributed by atoms with Crippen LogP contribution in [-0.4, -0.2) is 47.8 Å². The van der Waals surface area contributed by atoms with E-state index >= 15 is 0 Å². The van der Waals surface area contributed by atoms with Gasteiger partial charge in [-0.3, -0.25) is 0 Å². The fourth-order valence-electron chi connectivity index (χ4n) is 4.64. The maximum absolute atomic E-state index is 9.76. The Kier molecular flexibility index (Phi) is 6.97. The Hall–Kier alpha value is -0.120. The van der Waals surface area contributed by atoms with Gasteiger partial charge in [0.05, 0.1) is 6.61 Å². The summed E-state index contributed by atoms with van der Waals surface area (Å²) in [5.41, 5.74) is -0.0451. The van der Waals surface area contributed by atoms with Crippen molar-refractivity contribution in [1.29, 1.82) is 0 Å². The van der Waals surface area contributed by atoms with Crippen molar-refractivity contribution in [2.75, 3.05) is 26.2 Å². The van der Waals surface area contributed by atoms with Gasteiger partial charge in [0.15, 0.2) is 0 Å². The first-order chi connectivity index (χ1) is 10.2. The molecule has 124 valence electrons. The van der Waals surface area contributed by atoms with Gasteiger partial charge in [-0.1, -0.05) is 26.7 Å². The molecular formula is C18H36N2O. The monoisotopic (exact) mass is 296 g/mol. The third-order valence-corrected chi connectivity index (χ3v) is 5.99. The highest BCUT2D eigenvalue weighted by molar-refractivity contribution is 4.89. The topological polar surface area (TPSA) is 35.5 Å². The maximum Gasteiger partial charge on any atom is 0.0613 e. The van der Waals surface area contributed by atoms with Gasteiger partial charge in [0.25, 0.3) is 0 Å². The predicted molar refractivity (Wildman–Crippen MR) is 89.6 cm³/mol. The smallest absolute Gasteiger partial charge is 0.0613 e. The lowest BCUT2D eigenvalue weighted by atomic mass is 9.78. The van der Waals surface area contributed by atoms with E-state index in [2.05, 4.69) is 24.1 Å². The molecule has 3 atom stereocenters. The molecule has 0 bridgehead atoms. The summed E-state index contributed by atoms with van der Waals surface area (Å²) >= 11 is 0. The lowest BCUT2D eigenvalue weighted by molar-refractivity contribution is 0.0549. The summed E-state index contributed by atoms with van der Waals surface area (Å²) in [5, 5.41) is 13.3. The Morgan fingerprint density at radius 2 is 1.90 bits per heavy atom. The number of rotatable bonds is 8. The van der Waals surface area contributed by atoms with Crippen molar-refractivity contribution in [1.82, 2.24) is 10.2 Å². The number of piperidine rings is 1. The number of nitrogens with zero attached hydrogens (tertiary/aromatic N) is 1. The SMILES string of the molecule is CCNC(CC)(CO)CCCN1CCCC2CCCCC21. The zero-order valence-corrected chi connectivity index (χ0v) is 14.2. The highest BCUT2D eigenvalue weighted by atomic mass is 16.3. The Morgan fingerprint density at radius 1 is 1.14 bits per heavy atom. The molecule has 0 spiro atoms. The van der Waals surface area contributed by atoms with Crippen LogP contribution in [0.1, 0.15) is 71.6 Å². The van der Waals surface area contributed by atoms with E-state index in [0.717, 1.165) is 31.3 Å². The second-order valence-corrected chi connectivity index (χ2v) is 7.22. The normalized spacial score (nSPS) is 29.9. The molecule has 3 unspecified atom stereocenters. The van der Waals surface area contributed by atoms with Gasteiger partial charge >= 0.3 is 0 Å². The second kappa shape index (κ2) is 8.50. The first kappa shape index (κ1) is 17.2. The van der Waals surface area contributed by atoms with Gasteiger partial charge in [0.1, 0.15) is 0 Å². The maximum atomic E-state index is 9.76. The molecule has 0 aromatic rings. The summed E-state index contributed by atoms with van der Waals surface area (Å²) in [6.07, 6.45) is 12.0. The molecule has 2 fully saturated rings. The molecule has 2 N–H and O–H groups in total. The third-order valence-electron chi connectivity index (χ3n) is 5.99. The molecule has 1 heterocycles. The predicted octanol–water partition coefficient (Wildman–Crippen LogP) is 3.17. The molecule has 1 aliphatic heterocycles. The van der Waals surface area contributed by atoms with E-state index in [-0.39, 0.29) is 12.1 Å². The molecule has 1 saturated heterocycles.